The third-order valence-electron chi connectivity index (χ3n) is 2.59. The fourth-order valence-electron chi connectivity index (χ4n) is 1.70. The van der Waals surface area contributed by atoms with Crippen molar-refractivity contribution in [2.75, 3.05) is 0 Å². The minimum atomic E-state index is -1.19. The van der Waals surface area contributed by atoms with Crippen molar-refractivity contribution >= 4 is 5.97 Å². The normalized spacial score (nSPS) is 10.3. The molecule has 1 aromatic heterocycles. The number of ether oxygens (including phenoxy) is 1. The van der Waals surface area contributed by atoms with Crippen LogP contribution >= 0.6 is 0 Å². The molecule has 0 aliphatic heterocycles. The van der Waals surface area contributed by atoms with E-state index in [9.17, 15) is 9.18 Å². The molecule has 0 amide bonds. The second-order valence-electron chi connectivity index (χ2n) is 4.15. The number of benzene rings is 1. The van der Waals surface area contributed by atoms with Crippen molar-refractivity contribution in [3.63, 3.8) is 0 Å². The van der Waals surface area contributed by atoms with Crippen LogP contribution in [0.3, 0.4) is 0 Å². The predicted molar refractivity (Wildman–Crippen MR) is 69.5 cm³/mol. The van der Waals surface area contributed by atoms with Crippen LogP contribution in [0.25, 0.3) is 0 Å². The summed E-state index contributed by atoms with van der Waals surface area (Å²) in [5.74, 6) is -1.66. The first kappa shape index (κ1) is 13.9. The number of carbonyl (C=O) groups is 1. The summed E-state index contributed by atoms with van der Waals surface area (Å²) in [7, 11) is 0. The number of aromatic nitrogens is 2. The molecule has 0 saturated heterocycles. The number of halogens is 1. The molecule has 104 valence electrons. The van der Waals surface area contributed by atoms with Gasteiger partial charge >= 0.3 is 5.97 Å². The molecule has 0 bridgehead atoms. The first-order chi connectivity index (χ1) is 9.60. The Labute approximate surface area is 115 Å². The molecular formula is C14H13FN2O3. The van der Waals surface area contributed by atoms with E-state index in [1.807, 2.05) is 6.92 Å². The Bertz CT molecular complexity index is 632. The lowest BCUT2D eigenvalue weighted by atomic mass is 10.2. The second kappa shape index (κ2) is 6.10. The van der Waals surface area contributed by atoms with Gasteiger partial charge in [-0.3, -0.25) is 0 Å². The van der Waals surface area contributed by atoms with Gasteiger partial charge in [0.2, 0.25) is 5.88 Å². The molecular weight excluding hydrogens is 263 g/mol. The van der Waals surface area contributed by atoms with Crippen LogP contribution in [0.2, 0.25) is 0 Å². The second-order valence-corrected chi connectivity index (χ2v) is 4.15. The van der Waals surface area contributed by atoms with E-state index in [1.165, 1.54) is 6.33 Å². The molecule has 2 aromatic rings. The number of carboxylic acid groups (broad SMARTS) is 1. The van der Waals surface area contributed by atoms with E-state index in [2.05, 4.69) is 9.97 Å². The predicted octanol–water partition coefficient (Wildman–Crippen LogP) is 3.06. The van der Waals surface area contributed by atoms with Crippen molar-refractivity contribution in [2.24, 2.45) is 0 Å². The summed E-state index contributed by atoms with van der Waals surface area (Å²) in [5, 5.41) is 9.04. The molecule has 0 atom stereocenters. The molecule has 0 saturated carbocycles. The minimum absolute atomic E-state index is 0.0846. The molecule has 6 heteroatoms. The van der Waals surface area contributed by atoms with Gasteiger partial charge in [0.15, 0.2) is 0 Å². The van der Waals surface area contributed by atoms with Gasteiger partial charge in [0.05, 0.1) is 0 Å². The third kappa shape index (κ3) is 3.28. The maximum absolute atomic E-state index is 13.2. The summed E-state index contributed by atoms with van der Waals surface area (Å²) in [6.45, 7) is 2.01. The molecule has 0 radical (unpaired) electrons. The zero-order valence-corrected chi connectivity index (χ0v) is 10.8. The molecule has 0 unspecified atom stereocenters. The lowest BCUT2D eigenvalue weighted by Crippen LogP contribution is -2.02. The Morgan fingerprint density at radius 3 is 2.85 bits per heavy atom. The minimum Gasteiger partial charge on any atom is -0.478 e. The van der Waals surface area contributed by atoms with Crippen LogP contribution in [-0.4, -0.2) is 21.0 Å². The van der Waals surface area contributed by atoms with E-state index in [4.69, 9.17) is 9.84 Å². The van der Waals surface area contributed by atoms with Crippen molar-refractivity contribution in [3.05, 3.63) is 47.7 Å². The summed E-state index contributed by atoms with van der Waals surface area (Å²) in [4.78, 5) is 19.0. The number of aryl methyl sites for hydroxylation is 1. The van der Waals surface area contributed by atoms with E-state index in [-0.39, 0.29) is 17.2 Å². The fourth-order valence-corrected chi connectivity index (χ4v) is 1.70. The Balaban J connectivity index is 2.31. The van der Waals surface area contributed by atoms with E-state index in [0.717, 1.165) is 36.7 Å². The lowest BCUT2D eigenvalue weighted by molar-refractivity contribution is 0.0694. The zero-order valence-electron chi connectivity index (χ0n) is 10.8. The monoisotopic (exact) mass is 276 g/mol. The van der Waals surface area contributed by atoms with Gasteiger partial charge in [-0.1, -0.05) is 13.3 Å². The van der Waals surface area contributed by atoms with Crippen LogP contribution in [0, 0.1) is 5.82 Å². The maximum atomic E-state index is 13.2. The van der Waals surface area contributed by atoms with Crippen molar-refractivity contribution in [1.82, 2.24) is 9.97 Å². The largest absolute Gasteiger partial charge is 0.478 e. The van der Waals surface area contributed by atoms with Crippen molar-refractivity contribution in [1.29, 1.82) is 0 Å². The van der Waals surface area contributed by atoms with Gasteiger partial charge < -0.3 is 9.84 Å². The Morgan fingerprint density at radius 1 is 1.35 bits per heavy atom. The van der Waals surface area contributed by atoms with Crippen LogP contribution < -0.4 is 4.74 Å². The van der Waals surface area contributed by atoms with Gasteiger partial charge in [0.1, 0.15) is 23.5 Å². The van der Waals surface area contributed by atoms with Crippen LogP contribution in [-0.2, 0) is 6.42 Å². The van der Waals surface area contributed by atoms with Gasteiger partial charge in [-0.15, -0.1) is 0 Å². The quantitative estimate of drug-likeness (QED) is 0.908. The van der Waals surface area contributed by atoms with Gasteiger partial charge in [-0.2, -0.15) is 0 Å². The van der Waals surface area contributed by atoms with E-state index >= 15 is 0 Å². The summed E-state index contributed by atoms with van der Waals surface area (Å²) < 4.78 is 18.6. The van der Waals surface area contributed by atoms with Gasteiger partial charge in [-0.25, -0.2) is 19.2 Å². The average Bonchev–Trinajstić information content (AvgIpc) is 2.39. The Kier molecular flexibility index (Phi) is 4.24. The summed E-state index contributed by atoms with van der Waals surface area (Å²) in [5.41, 5.74) is 0.660. The third-order valence-corrected chi connectivity index (χ3v) is 2.59. The highest BCUT2D eigenvalue weighted by Crippen LogP contribution is 2.25. The molecule has 0 aliphatic rings. The fraction of sp³-hybridized carbons (Fsp3) is 0.214. The molecule has 1 heterocycles. The maximum Gasteiger partial charge on any atom is 0.339 e. The van der Waals surface area contributed by atoms with Gasteiger partial charge in [0.25, 0.3) is 0 Å². The number of carboxylic acids is 1. The number of rotatable bonds is 5. The Morgan fingerprint density at radius 2 is 2.15 bits per heavy atom. The number of nitrogens with zero attached hydrogens (tertiary/aromatic N) is 2. The summed E-state index contributed by atoms with van der Waals surface area (Å²) in [6.07, 6.45) is 3.00. The highest BCUT2D eigenvalue weighted by molar-refractivity contribution is 5.90. The van der Waals surface area contributed by atoms with Crippen LogP contribution in [0.4, 0.5) is 4.39 Å². The summed E-state index contributed by atoms with van der Waals surface area (Å²) in [6, 6.07) is 4.85. The molecule has 2 rings (SSSR count). The molecule has 20 heavy (non-hydrogen) atoms. The van der Waals surface area contributed by atoms with Crippen LogP contribution in [0.5, 0.6) is 11.6 Å². The molecule has 0 fully saturated rings. The highest BCUT2D eigenvalue weighted by Gasteiger charge is 2.14. The first-order valence-corrected chi connectivity index (χ1v) is 6.11. The van der Waals surface area contributed by atoms with Crippen molar-refractivity contribution in [2.45, 2.75) is 19.8 Å². The highest BCUT2D eigenvalue weighted by atomic mass is 19.1. The Hall–Kier alpha value is -2.50. The molecule has 0 aliphatic carbocycles. The smallest absolute Gasteiger partial charge is 0.339 e. The SMILES string of the molecule is CCCc1cc(Oc2cc(F)ccc2C(=O)O)ncn1. The molecule has 1 aromatic carbocycles. The van der Waals surface area contributed by atoms with E-state index < -0.39 is 11.8 Å². The lowest BCUT2D eigenvalue weighted by Gasteiger charge is -2.08. The molecule has 1 N–H and O–H groups in total. The van der Waals surface area contributed by atoms with Crippen molar-refractivity contribution in [3.8, 4) is 11.6 Å². The van der Waals surface area contributed by atoms with Gasteiger partial charge in [0, 0.05) is 17.8 Å². The summed E-state index contributed by atoms with van der Waals surface area (Å²) >= 11 is 0. The van der Waals surface area contributed by atoms with Gasteiger partial charge in [-0.05, 0) is 18.6 Å². The van der Waals surface area contributed by atoms with E-state index in [1.54, 1.807) is 6.07 Å². The van der Waals surface area contributed by atoms with Crippen LogP contribution in [0.1, 0.15) is 29.4 Å². The number of aromatic carboxylic acids is 1. The zero-order chi connectivity index (χ0) is 14.5. The number of hydrogen-bond acceptors (Lipinski definition) is 4. The van der Waals surface area contributed by atoms with Crippen molar-refractivity contribution < 1.29 is 19.0 Å². The topological polar surface area (TPSA) is 72.3 Å². The standard InChI is InChI=1S/C14H13FN2O3/c1-2-3-10-7-13(17-8-16-10)20-12-6-9(15)4-5-11(12)14(18)19/h4-8H,2-3H2,1H3,(H,18,19). The van der Waals surface area contributed by atoms with Crippen LogP contribution in [0.15, 0.2) is 30.6 Å². The molecule has 5 nitrogen and oxygen atoms in total. The average molecular weight is 276 g/mol. The van der Waals surface area contributed by atoms with E-state index in [0.29, 0.717) is 0 Å². The molecule has 0 spiro atoms. The first-order valence-electron chi connectivity index (χ1n) is 6.11. The number of hydrogen-bond donors (Lipinski definition) is 1.